The number of benzene rings is 1. The molecule has 1 amide bonds. The maximum absolute atomic E-state index is 12.4. The van der Waals surface area contributed by atoms with E-state index >= 15 is 0 Å². The van der Waals surface area contributed by atoms with Gasteiger partial charge < -0.3 is 20.2 Å². The van der Waals surface area contributed by atoms with Crippen LogP contribution in [0.2, 0.25) is 0 Å². The summed E-state index contributed by atoms with van der Waals surface area (Å²) in [6, 6.07) is 8.26. The van der Waals surface area contributed by atoms with E-state index in [0.717, 1.165) is 37.5 Å². The van der Waals surface area contributed by atoms with Gasteiger partial charge in [0, 0.05) is 36.9 Å². The van der Waals surface area contributed by atoms with Crippen LogP contribution in [0, 0.1) is 5.92 Å². The molecule has 3 rings (SSSR count). The number of carbonyl (C=O) groups is 1. The second-order valence-corrected chi connectivity index (χ2v) is 7.34. The molecule has 1 atom stereocenters. The van der Waals surface area contributed by atoms with Crippen molar-refractivity contribution in [1.29, 1.82) is 0 Å². The third kappa shape index (κ3) is 4.28. The van der Waals surface area contributed by atoms with Crippen LogP contribution < -0.4 is 10.2 Å². The number of piperidine rings is 1. The first-order valence-electron chi connectivity index (χ1n) is 9.02. The van der Waals surface area contributed by atoms with Crippen molar-refractivity contribution in [2.75, 3.05) is 38.6 Å². The molecule has 1 aromatic rings. The lowest BCUT2D eigenvalue weighted by atomic mass is 10.1. The normalized spacial score (nSPS) is 20.2. The molecular weight excluding hydrogens is 302 g/mol. The molecule has 2 N–H and O–H groups in total. The van der Waals surface area contributed by atoms with Gasteiger partial charge in [0.1, 0.15) is 0 Å². The average Bonchev–Trinajstić information content (AvgIpc) is 3.40. The minimum absolute atomic E-state index is 0.00289. The quantitative estimate of drug-likeness (QED) is 0.833. The number of nitrogens with one attached hydrogen (secondary N) is 1. The van der Waals surface area contributed by atoms with Crippen molar-refractivity contribution in [1.82, 2.24) is 10.2 Å². The van der Waals surface area contributed by atoms with Crippen molar-refractivity contribution in [3.63, 3.8) is 0 Å². The number of rotatable bonds is 6. The summed E-state index contributed by atoms with van der Waals surface area (Å²) in [4.78, 5) is 16.9. The SMILES string of the molecule is CN(C)C(CNC(=O)c1ccc(N2CCC(O)CC2)cc1)C1CC1. The Bertz CT molecular complexity index is 544. The van der Waals surface area contributed by atoms with Gasteiger partial charge in [-0.15, -0.1) is 0 Å². The van der Waals surface area contributed by atoms with Crippen molar-refractivity contribution >= 4 is 11.6 Å². The van der Waals surface area contributed by atoms with Gasteiger partial charge in [0.05, 0.1) is 6.10 Å². The van der Waals surface area contributed by atoms with Crippen LogP contribution in [-0.4, -0.2) is 61.8 Å². The molecule has 1 aliphatic carbocycles. The predicted molar refractivity (Wildman–Crippen MR) is 96.4 cm³/mol. The van der Waals surface area contributed by atoms with Crippen LogP contribution in [-0.2, 0) is 0 Å². The molecule has 1 saturated carbocycles. The average molecular weight is 331 g/mol. The molecule has 5 nitrogen and oxygen atoms in total. The van der Waals surface area contributed by atoms with Crippen molar-refractivity contribution in [3.05, 3.63) is 29.8 Å². The molecular formula is C19H29N3O2. The molecule has 132 valence electrons. The number of carbonyl (C=O) groups excluding carboxylic acids is 1. The highest BCUT2D eigenvalue weighted by atomic mass is 16.3. The Labute approximate surface area is 144 Å². The second-order valence-electron chi connectivity index (χ2n) is 7.34. The number of hydrogen-bond donors (Lipinski definition) is 2. The highest BCUT2D eigenvalue weighted by Gasteiger charge is 2.32. The molecule has 24 heavy (non-hydrogen) atoms. The van der Waals surface area contributed by atoms with Crippen molar-refractivity contribution in [2.45, 2.75) is 37.8 Å². The van der Waals surface area contributed by atoms with Crippen LogP contribution in [0.25, 0.3) is 0 Å². The molecule has 1 aromatic carbocycles. The van der Waals surface area contributed by atoms with Crippen molar-refractivity contribution < 1.29 is 9.90 Å². The van der Waals surface area contributed by atoms with Gasteiger partial charge in [-0.3, -0.25) is 4.79 Å². The zero-order valence-corrected chi connectivity index (χ0v) is 14.7. The lowest BCUT2D eigenvalue weighted by Crippen LogP contribution is -2.41. The van der Waals surface area contributed by atoms with Gasteiger partial charge in [-0.2, -0.15) is 0 Å². The van der Waals surface area contributed by atoms with Crippen LogP contribution in [0.4, 0.5) is 5.69 Å². The van der Waals surface area contributed by atoms with Crippen LogP contribution in [0.3, 0.4) is 0 Å². The maximum Gasteiger partial charge on any atom is 0.251 e. The molecule has 1 saturated heterocycles. The van der Waals surface area contributed by atoms with E-state index in [1.165, 1.54) is 12.8 Å². The first-order valence-corrected chi connectivity index (χ1v) is 9.02. The van der Waals surface area contributed by atoms with Gasteiger partial charge in [-0.05, 0) is 70.0 Å². The summed E-state index contributed by atoms with van der Waals surface area (Å²) in [6.07, 6.45) is 4.02. The summed E-state index contributed by atoms with van der Waals surface area (Å²) >= 11 is 0. The summed E-state index contributed by atoms with van der Waals surface area (Å²) in [5, 5.41) is 12.7. The monoisotopic (exact) mass is 331 g/mol. The van der Waals surface area contributed by atoms with E-state index in [1.54, 1.807) is 0 Å². The third-order valence-corrected chi connectivity index (χ3v) is 5.26. The van der Waals surface area contributed by atoms with Crippen LogP contribution in [0.5, 0.6) is 0 Å². The Morgan fingerprint density at radius 2 is 1.83 bits per heavy atom. The standard InChI is InChI=1S/C19H29N3O2/c1-21(2)18(14-3-4-14)13-20-19(24)15-5-7-16(8-6-15)22-11-9-17(23)10-12-22/h5-8,14,17-18,23H,3-4,9-13H2,1-2H3,(H,20,24). The van der Waals surface area contributed by atoms with E-state index in [0.29, 0.717) is 18.2 Å². The Kier molecular flexibility index (Phi) is 5.41. The van der Waals surface area contributed by atoms with Gasteiger partial charge in [-0.25, -0.2) is 0 Å². The molecule has 0 radical (unpaired) electrons. The Hall–Kier alpha value is -1.59. The molecule has 0 spiro atoms. The van der Waals surface area contributed by atoms with Gasteiger partial charge in [0.2, 0.25) is 0 Å². The lowest BCUT2D eigenvalue weighted by molar-refractivity contribution is 0.0939. The van der Waals surface area contributed by atoms with E-state index in [4.69, 9.17) is 0 Å². The number of aliphatic hydroxyl groups is 1. The largest absolute Gasteiger partial charge is 0.393 e. The molecule has 0 bridgehead atoms. The summed E-state index contributed by atoms with van der Waals surface area (Å²) in [7, 11) is 4.17. The third-order valence-electron chi connectivity index (χ3n) is 5.26. The molecule has 2 aliphatic rings. The van der Waals surface area contributed by atoms with Gasteiger partial charge in [0.15, 0.2) is 0 Å². The number of likely N-dealkylation sites (N-methyl/N-ethyl adjacent to an activating group) is 1. The number of amides is 1. The minimum atomic E-state index is -0.164. The summed E-state index contributed by atoms with van der Waals surface area (Å²) < 4.78 is 0. The highest BCUT2D eigenvalue weighted by molar-refractivity contribution is 5.94. The van der Waals surface area contributed by atoms with Crippen LogP contribution >= 0.6 is 0 Å². The molecule has 2 fully saturated rings. The van der Waals surface area contributed by atoms with Crippen LogP contribution in [0.15, 0.2) is 24.3 Å². The van der Waals surface area contributed by atoms with Gasteiger partial charge in [-0.1, -0.05) is 0 Å². The van der Waals surface area contributed by atoms with Gasteiger partial charge in [0.25, 0.3) is 5.91 Å². The molecule has 1 unspecified atom stereocenters. The fourth-order valence-electron chi connectivity index (χ4n) is 3.50. The summed E-state index contributed by atoms with van der Waals surface area (Å²) in [6.45, 7) is 2.46. The first-order chi connectivity index (χ1) is 11.5. The van der Waals surface area contributed by atoms with E-state index in [9.17, 15) is 9.90 Å². The zero-order valence-electron chi connectivity index (χ0n) is 14.7. The molecule has 0 aromatic heterocycles. The molecule has 5 heteroatoms. The van der Waals surface area contributed by atoms with E-state index in [-0.39, 0.29) is 12.0 Å². The fraction of sp³-hybridized carbons (Fsp3) is 0.632. The Morgan fingerprint density at radius 1 is 1.21 bits per heavy atom. The van der Waals surface area contributed by atoms with Crippen molar-refractivity contribution in [3.8, 4) is 0 Å². The van der Waals surface area contributed by atoms with E-state index in [2.05, 4.69) is 29.2 Å². The number of aliphatic hydroxyl groups excluding tert-OH is 1. The number of nitrogens with zero attached hydrogens (tertiary/aromatic N) is 2. The fourth-order valence-corrected chi connectivity index (χ4v) is 3.50. The number of anilines is 1. The number of hydrogen-bond acceptors (Lipinski definition) is 4. The molecule has 1 aliphatic heterocycles. The maximum atomic E-state index is 12.4. The summed E-state index contributed by atoms with van der Waals surface area (Å²) in [5.74, 6) is 0.736. The second kappa shape index (κ2) is 7.53. The molecule has 1 heterocycles. The highest BCUT2D eigenvalue weighted by Crippen LogP contribution is 2.34. The Morgan fingerprint density at radius 3 is 2.38 bits per heavy atom. The van der Waals surface area contributed by atoms with E-state index in [1.807, 2.05) is 24.3 Å². The summed E-state index contributed by atoms with van der Waals surface area (Å²) in [5.41, 5.74) is 1.84. The Balaban J connectivity index is 1.53. The van der Waals surface area contributed by atoms with E-state index < -0.39 is 0 Å². The van der Waals surface area contributed by atoms with Crippen molar-refractivity contribution in [2.24, 2.45) is 5.92 Å². The topological polar surface area (TPSA) is 55.8 Å². The zero-order chi connectivity index (χ0) is 17.1. The minimum Gasteiger partial charge on any atom is -0.393 e. The predicted octanol–water partition coefficient (Wildman–Crippen LogP) is 1.72. The first kappa shape index (κ1) is 17.2. The van der Waals surface area contributed by atoms with Gasteiger partial charge >= 0.3 is 0 Å². The van der Waals surface area contributed by atoms with Crippen LogP contribution in [0.1, 0.15) is 36.0 Å². The smallest absolute Gasteiger partial charge is 0.251 e. The lowest BCUT2D eigenvalue weighted by Gasteiger charge is -2.31.